The molecule has 4 saturated carbocycles. The maximum Gasteiger partial charge on any atom is 0.226 e. The Balaban J connectivity index is 1.17. The molecule has 0 spiro atoms. The molecule has 0 N–H and O–H groups in total. The Morgan fingerprint density at radius 1 is 1.00 bits per heavy atom. The SMILES string of the molecule is O=C1C(Cc2ccc(-c3cccnc3)cc2Cl)CCN1C1C2CC3CC(C2)CC1C3. The number of hydrogen-bond acceptors (Lipinski definition) is 2. The third kappa shape index (κ3) is 3.17. The van der Waals surface area contributed by atoms with E-state index in [1.807, 2.05) is 24.4 Å². The van der Waals surface area contributed by atoms with Crippen molar-refractivity contribution < 1.29 is 4.79 Å². The quantitative estimate of drug-likeness (QED) is 0.643. The molecule has 1 saturated heterocycles. The maximum absolute atomic E-state index is 13.4. The average molecular weight is 421 g/mol. The van der Waals surface area contributed by atoms with E-state index in [2.05, 4.69) is 22.0 Å². The third-order valence-corrected chi connectivity index (χ3v) is 8.75. The Morgan fingerprint density at radius 3 is 2.43 bits per heavy atom. The van der Waals surface area contributed by atoms with Crippen LogP contribution in [0.4, 0.5) is 0 Å². The molecule has 0 radical (unpaired) electrons. The lowest BCUT2D eigenvalue weighted by Gasteiger charge is -2.56. The monoisotopic (exact) mass is 420 g/mol. The van der Waals surface area contributed by atoms with Crippen molar-refractivity contribution in [2.45, 2.75) is 51.0 Å². The van der Waals surface area contributed by atoms with Crippen LogP contribution in [0.5, 0.6) is 0 Å². The van der Waals surface area contributed by atoms with Crippen LogP contribution < -0.4 is 0 Å². The molecular weight excluding hydrogens is 392 g/mol. The zero-order valence-corrected chi connectivity index (χ0v) is 18.1. The lowest BCUT2D eigenvalue weighted by atomic mass is 9.54. The van der Waals surface area contributed by atoms with E-state index in [0.717, 1.165) is 64.8 Å². The Hall–Kier alpha value is -1.87. The number of likely N-dealkylation sites (tertiary alicyclic amines) is 1. The van der Waals surface area contributed by atoms with Gasteiger partial charge in [-0.2, -0.15) is 0 Å². The molecule has 5 aliphatic rings. The molecule has 2 heterocycles. The van der Waals surface area contributed by atoms with Crippen LogP contribution in [-0.2, 0) is 11.2 Å². The summed E-state index contributed by atoms with van der Waals surface area (Å²) in [6.45, 7) is 0.946. The van der Waals surface area contributed by atoms with Gasteiger partial charge in [0.1, 0.15) is 0 Å². The second-order valence-electron chi connectivity index (χ2n) is 10.2. The first-order valence-corrected chi connectivity index (χ1v) is 12.0. The molecule has 4 bridgehead atoms. The number of halogens is 1. The van der Waals surface area contributed by atoms with Crippen molar-refractivity contribution in [3.05, 3.63) is 53.3 Å². The predicted octanol–water partition coefficient (Wildman–Crippen LogP) is 5.62. The first-order chi connectivity index (χ1) is 14.7. The largest absolute Gasteiger partial charge is 0.339 e. The van der Waals surface area contributed by atoms with Crippen LogP contribution in [0, 0.1) is 29.6 Å². The summed E-state index contributed by atoms with van der Waals surface area (Å²) in [6, 6.07) is 10.7. The molecule has 7 rings (SSSR count). The van der Waals surface area contributed by atoms with Crippen LogP contribution >= 0.6 is 11.6 Å². The van der Waals surface area contributed by atoms with E-state index < -0.39 is 0 Å². The highest BCUT2D eigenvalue weighted by molar-refractivity contribution is 6.31. The number of hydrogen-bond donors (Lipinski definition) is 0. The fourth-order valence-electron chi connectivity index (χ4n) is 7.35. The minimum atomic E-state index is 0.0870. The molecule has 1 aromatic heterocycles. The molecule has 2 aromatic rings. The minimum Gasteiger partial charge on any atom is -0.339 e. The predicted molar refractivity (Wildman–Crippen MR) is 119 cm³/mol. The van der Waals surface area contributed by atoms with Crippen molar-refractivity contribution in [1.29, 1.82) is 0 Å². The second-order valence-corrected chi connectivity index (χ2v) is 10.6. The van der Waals surface area contributed by atoms with Crippen molar-refractivity contribution in [3.63, 3.8) is 0 Å². The van der Waals surface area contributed by atoms with E-state index in [9.17, 15) is 4.79 Å². The van der Waals surface area contributed by atoms with Crippen molar-refractivity contribution in [2.24, 2.45) is 29.6 Å². The van der Waals surface area contributed by atoms with Crippen molar-refractivity contribution in [1.82, 2.24) is 9.88 Å². The smallest absolute Gasteiger partial charge is 0.226 e. The Morgan fingerprint density at radius 2 is 1.77 bits per heavy atom. The summed E-state index contributed by atoms with van der Waals surface area (Å²) in [5.41, 5.74) is 3.23. The molecule has 1 aromatic carbocycles. The number of carbonyl (C=O) groups excluding carboxylic acids is 1. The van der Waals surface area contributed by atoms with Crippen LogP contribution in [0.1, 0.15) is 44.1 Å². The molecule has 3 nitrogen and oxygen atoms in total. The summed E-state index contributed by atoms with van der Waals surface area (Å²) in [7, 11) is 0. The van der Waals surface area contributed by atoms with E-state index in [4.69, 9.17) is 11.6 Å². The number of pyridine rings is 1. The number of amides is 1. The first kappa shape index (κ1) is 18.9. The summed E-state index contributed by atoms with van der Waals surface area (Å²) in [5.74, 6) is 3.92. The summed E-state index contributed by atoms with van der Waals surface area (Å²) in [5, 5.41) is 0.761. The average Bonchev–Trinajstić information content (AvgIpc) is 3.09. The second kappa shape index (κ2) is 7.37. The van der Waals surface area contributed by atoms with Gasteiger partial charge in [0.25, 0.3) is 0 Å². The highest BCUT2D eigenvalue weighted by Gasteiger charge is 2.52. The van der Waals surface area contributed by atoms with Gasteiger partial charge in [-0.1, -0.05) is 29.8 Å². The fourth-order valence-corrected chi connectivity index (χ4v) is 7.60. The molecule has 156 valence electrons. The highest BCUT2D eigenvalue weighted by Crippen LogP contribution is 2.55. The summed E-state index contributed by atoms with van der Waals surface area (Å²) in [4.78, 5) is 19.9. The number of nitrogens with zero attached hydrogens (tertiary/aromatic N) is 2. The van der Waals surface area contributed by atoms with Crippen LogP contribution in [0.3, 0.4) is 0 Å². The minimum absolute atomic E-state index is 0.0870. The molecule has 1 atom stereocenters. The van der Waals surface area contributed by atoms with E-state index in [1.165, 1.54) is 32.1 Å². The standard InChI is InChI=1S/C26H29ClN2O/c27-24-14-18(21-2-1-6-28-15-21)3-4-19(24)13-20-5-7-29(26(20)30)25-22-9-16-8-17(11-22)12-23(25)10-16/h1-4,6,14-17,20,22-23,25H,5,7-13H2. The number of benzene rings is 1. The Labute approximate surface area is 183 Å². The number of rotatable bonds is 4. The molecule has 5 fully saturated rings. The van der Waals surface area contributed by atoms with E-state index in [-0.39, 0.29) is 5.92 Å². The summed E-state index contributed by atoms with van der Waals surface area (Å²) >= 11 is 6.64. The lowest BCUT2D eigenvalue weighted by Crippen LogP contribution is -2.56. The van der Waals surface area contributed by atoms with Crippen molar-refractivity contribution in [2.75, 3.05) is 6.54 Å². The summed E-state index contributed by atoms with van der Waals surface area (Å²) in [6.07, 6.45) is 12.3. The molecule has 30 heavy (non-hydrogen) atoms. The lowest BCUT2D eigenvalue weighted by molar-refractivity contribution is -0.141. The normalized spacial score (nSPS) is 34.7. The van der Waals surface area contributed by atoms with Crippen LogP contribution in [0.25, 0.3) is 11.1 Å². The molecule has 1 unspecified atom stereocenters. The van der Waals surface area contributed by atoms with Crippen LogP contribution in [0.15, 0.2) is 42.7 Å². The van der Waals surface area contributed by atoms with Gasteiger partial charge in [-0.25, -0.2) is 0 Å². The molecular formula is C26H29ClN2O. The Bertz CT molecular complexity index is 931. The summed E-state index contributed by atoms with van der Waals surface area (Å²) < 4.78 is 0. The van der Waals surface area contributed by atoms with Gasteiger partial charge in [-0.3, -0.25) is 9.78 Å². The van der Waals surface area contributed by atoms with Gasteiger partial charge >= 0.3 is 0 Å². The number of carbonyl (C=O) groups is 1. The number of aromatic nitrogens is 1. The Kier molecular flexibility index (Phi) is 4.63. The molecule has 1 amide bonds. The van der Waals surface area contributed by atoms with Crippen molar-refractivity contribution in [3.8, 4) is 11.1 Å². The molecule has 4 aliphatic carbocycles. The highest BCUT2D eigenvalue weighted by atomic mass is 35.5. The van der Waals surface area contributed by atoms with Gasteiger partial charge in [0.15, 0.2) is 0 Å². The van der Waals surface area contributed by atoms with Gasteiger partial charge in [-0.15, -0.1) is 0 Å². The van der Waals surface area contributed by atoms with Crippen LogP contribution in [0.2, 0.25) is 5.02 Å². The maximum atomic E-state index is 13.4. The third-order valence-electron chi connectivity index (χ3n) is 8.40. The zero-order chi connectivity index (χ0) is 20.2. The van der Waals surface area contributed by atoms with Gasteiger partial charge in [-0.05, 0) is 91.9 Å². The topological polar surface area (TPSA) is 33.2 Å². The zero-order valence-electron chi connectivity index (χ0n) is 17.3. The molecule has 1 aliphatic heterocycles. The van der Waals surface area contributed by atoms with Gasteiger partial charge in [0, 0.05) is 41.5 Å². The van der Waals surface area contributed by atoms with Crippen LogP contribution in [-0.4, -0.2) is 28.4 Å². The van der Waals surface area contributed by atoms with Gasteiger partial charge < -0.3 is 4.90 Å². The van der Waals surface area contributed by atoms with Gasteiger partial charge in [0.05, 0.1) is 0 Å². The van der Waals surface area contributed by atoms with Gasteiger partial charge in [0.2, 0.25) is 5.91 Å². The fraction of sp³-hybridized carbons (Fsp3) is 0.538. The van der Waals surface area contributed by atoms with Crippen molar-refractivity contribution >= 4 is 17.5 Å². The molecule has 4 heteroatoms. The van der Waals surface area contributed by atoms with E-state index in [0.29, 0.717) is 11.9 Å². The van der Waals surface area contributed by atoms with E-state index >= 15 is 0 Å². The first-order valence-electron chi connectivity index (χ1n) is 11.6. The van der Waals surface area contributed by atoms with E-state index in [1.54, 1.807) is 6.20 Å².